The first kappa shape index (κ1) is 12.2. The van der Waals surface area contributed by atoms with Crippen LogP contribution in [0.15, 0.2) is 12.4 Å². The van der Waals surface area contributed by atoms with Crippen molar-refractivity contribution in [3.63, 3.8) is 0 Å². The van der Waals surface area contributed by atoms with Crippen LogP contribution in [0.25, 0.3) is 0 Å². The van der Waals surface area contributed by atoms with Gasteiger partial charge in [-0.05, 0) is 20.4 Å². The molecular formula is C11H21N3O. The van der Waals surface area contributed by atoms with Crippen molar-refractivity contribution >= 4 is 0 Å². The van der Waals surface area contributed by atoms with E-state index in [1.165, 1.54) is 5.56 Å². The third kappa shape index (κ3) is 3.04. The van der Waals surface area contributed by atoms with Gasteiger partial charge in [-0.2, -0.15) is 5.10 Å². The van der Waals surface area contributed by atoms with Crippen LogP contribution in [0.3, 0.4) is 0 Å². The molecule has 0 aromatic carbocycles. The Balaban J connectivity index is 2.73. The van der Waals surface area contributed by atoms with Gasteiger partial charge in [-0.1, -0.05) is 6.92 Å². The van der Waals surface area contributed by atoms with Gasteiger partial charge >= 0.3 is 0 Å². The van der Waals surface area contributed by atoms with Crippen LogP contribution in [-0.2, 0) is 11.3 Å². The number of aryl methyl sites for hydroxylation is 1. The van der Waals surface area contributed by atoms with Crippen molar-refractivity contribution in [3.8, 4) is 0 Å². The zero-order valence-electron chi connectivity index (χ0n) is 10.0. The fourth-order valence-electron chi connectivity index (χ4n) is 1.70. The number of hydrogen-bond donors (Lipinski definition) is 1. The summed E-state index contributed by atoms with van der Waals surface area (Å²) in [4.78, 5) is 0. The molecule has 0 saturated carbocycles. The molecule has 0 saturated heterocycles. The van der Waals surface area contributed by atoms with Crippen LogP contribution in [0.2, 0.25) is 0 Å². The Morgan fingerprint density at radius 3 is 2.87 bits per heavy atom. The second kappa shape index (κ2) is 5.88. The van der Waals surface area contributed by atoms with Gasteiger partial charge in [0.2, 0.25) is 0 Å². The molecule has 0 aliphatic rings. The molecule has 4 nitrogen and oxygen atoms in total. The van der Waals surface area contributed by atoms with E-state index in [0.29, 0.717) is 0 Å². The summed E-state index contributed by atoms with van der Waals surface area (Å²) in [5, 5.41) is 7.56. The van der Waals surface area contributed by atoms with E-state index in [0.717, 1.165) is 13.0 Å². The average molecular weight is 211 g/mol. The van der Waals surface area contributed by atoms with Gasteiger partial charge in [0.15, 0.2) is 0 Å². The second-order valence-corrected chi connectivity index (χ2v) is 3.74. The first-order valence-corrected chi connectivity index (χ1v) is 5.45. The van der Waals surface area contributed by atoms with E-state index in [-0.39, 0.29) is 12.1 Å². The monoisotopic (exact) mass is 211 g/mol. The zero-order valence-corrected chi connectivity index (χ0v) is 10.0. The van der Waals surface area contributed by atoms with Crippen molar-refractivity contribution in [2.45, 2.75) is 39.0 Å². The van der Waals surface area contributed by atoms with Crippen LogP contribution >= 0.6 is 0 Å². The first-order chi connectivity index (χ1) is 7.22. The highest BCUT2D eigenvalue weighted by Gasteiger charge is 2.18. The van der Waals surface area contributed by atoms with Crippen molar-refractivity contribution in [3.05, 3.63) is 18.0 Å². The molecule has 4 heteroatoms. The lowest BCUT2D eigenvalue weighted by Crippen LogP contribution is -2.28. The lowest BCUT2D eigenvalue weighted by atomic mass is 10.1. The number of hydrogen-bond acceptors (Lipinski definition) is 3. The average Bonchev–Trinajstić information content (AvgIpc) is 2.68. The van der Waals surface area contributed by atoms with Gasteiger partial charge in [0.1, 0.15) is 0 Å². The number of rotatable bonds is 6. The minimum Gasteiger partial charge on any atom is -0.380 e. The number of nitrogens with one attached hydrogen (secondary N) is 1. The highest BCUT2D eigenvalue weighted by molar-refractivity contribution is 5.11. The topological polar surface area (TPSA) is 39.1 Å². The standard InChI is InChI=1S/C11H21N3O/c1-5-6-14-8-10(7-13-14)11(12-3)9(2)15-4/h7-9,11-12H,5-6H2,1-4H3. The lowest BCUT2D eigenvalue weighted by molar-refractivity contribution is 0.0856. The summed E-state index contributed by atoms with van der Waals surface area (Å²) >= 11 is 0. The Bertz CT molecular complexity index is 285. The van der Waals surface area contributed by atoms with Crippen LogP contribution < -0.4 is 5.32 Å². The van der Waals surface area contributed by atoms with Gasteiger partial charge in [-0.15, -0.1) is 0 Å². The van der Waals surface area contributed by atoms with E-state index >= 15 is 0 Å². The van der Waals surface area contributed by atoms with Gasteiger partial charge in [-0.3, -0.25) is 4.68 Å². The van der Waals surface area contributed by atoms with Crippen LogP contribution in [-0.4, -0.2) is 30.0 Å². The van der Waals surface area contributed by atoms with Crippen molar-refractivity contribution in [1.29, 1.82) is 0 Å². The van der Waals surface area contributed by atoms with E-state index in [4.69, 9.17) is 4.74 Å². The predicted octanol–water partition coefficient (Wildman–Crippen LogP) is 1.59. The normalized spacial score (nSPS) is 15.2. The van der Waals surface area contributed by atoms with Crippen molar-refractivity contribution in [2.24, 2.45) is 0 Å². The molecule has 1 N–H and O–H groups in total. The van der Waals surface area contributed by atoms with Crippen LogP contribution in [0, 0.1) is 0 Å². The molecule has 0 radical (unpaired) electrons. The molecule has 0 fully saturated rings. The Morgan fingerprint density at radius 2 is 2.33 bits per heavy atom. The maximum Gasteiger partial charge on any atom is 0.0738 e. The Morgan fingerprint density at radius 1 is 1.60 bits per heavy atom. The molecule has 2 unspecified atom stereocenters. The number of likely N-dealkylation sites (N-methyl/N-ethyl adjacent to an activating group) is 1. The molecule has 1 aromatic heterocycles. The molecule has 2 atom stereocenters. The van der Waals surface area contributed by atoms with E-state index in [1.54, 1.807) is 7.11 Å². The molecule has 0 aliphatic heterocycles. The highest BCUT2D eigenvalue weighted by atomic mass is 16.5. The quantitative estimate of drug-likeness (QED) is 0.776. The fourth-order valence-corrected chi connectivity index (χ4v) is 1.70. The summed E-state index contributed by atoms with van der Waals surface area (Å²) < 4.78 is 7.30. The summed E-state index contributed by atoms with van der Waals surface area (Å²) in [6.45, 7) is 5.17. The molecule has 86 valence electrons. The largest absolute Gasteiger partial charge is 0.380 e. The van der Waals surface area contributed by atoms with Gasteiger partial charge in [0.25, 0.3) is 0 Å². The molecule has 1 heterocycles. The molecule has 1 rings (SSSR count). The minimum absolute atomic E-state index is 0.147. The van der Waals surface area contributed by atoms with E-state index < -0.39 is 0 Å². The van der Waals surface area contributed by atoms with Crippen molar-refractivity contribution < 1.29 is 4.74 Å². The summed E-state index contributed by atoms with van der Waals surface area (Å²) in [5.74, 6) is 0. The van der Waals surface area contributed by atoms with Gasteiger partial charge in [0.05, 0.1) is 18.3 Å². The van der Waals surface area contributed by atoms with Gasteiger partial charge in [-0.25, -0.2) is 0 Å². The number of ether oxygens (including phenoxy) is 1. The minimum atomic E-state index is 0.147. The maximum absolute atomic E-state index is 5.33. The second-order valence-electron chi connectivity index (χ2n) is 3.74. The van der Waals surface area contributed by atoms with E-state index in [2.05, 4.69) is 30.5 Å². The Labute approximate surface area is 91.6 Å². The summed E-state index contributed by atoms with van der Waals surface area (Å²) in [6, 6.07) is 0.209. The van der Waals surface area contributed by atoms with Gasteiger partial charge < -0.3 is 10.1 Å². The summed E-state index contributed by atoms with van der Waals surface area (Å²) in [6.07, 6.45) is 5.24. The van der Waals surface area contributed by atoms with E-state index in [9.17, 15) is 0 Å². The molecular weight excluding hydrogens is 190 g/mol. The molecule has 1 aromatic rings. The molecule has 0 amide bonds. The lowest BCUT2D eigenvalue weighted by Gasteiger charge is -2.20. The van der Waals surface area contributed by atoms with Crippen LogP contribution in [0.1, 0.15) is 31.9 Å². The predicted molar refractivity (Wildman–Crippen MR) is 60.8 cm³/mol. The molecule has 0 bridgehead atoms. The Hall–Kier alpha value is -0.870. The van der Waals surface area contributed by atoms with Crippen molar-refractivity contribution in [1.82, 2.24) is 15.1 Å². The summed E-state index contributed by atoms with van der Waals surface area (Å²) in [5.41, 5.74) is 1.18. The van der Waals surface area contributed by atoms with E-state index in [1.807, 2.05) is 17.9 Å². The smallest absolute Gasteiger partial charge is 0.0738 e. The third-order valence-electron chi connectivity index (χ3n) is 2.62. The maximum atomic E-state index is 5.33. The zero-order chi connectivity index (χ0) is 11.3. The number of nitrogens with zero attached hydrogens (tertiary/aromatic N) is 2. The van der Waals surface area contributed by atoms with Crippen LogP contribution in [0.5, 0.6) is 0 Å². The number of methoxy groups -OCH3 is 1. The third-order valence-corrected chi connectivity index (χ3v) is 2.62. The van der Waals surface area contributed by atoms with Crippen LogP contribution in [0.4, 0.5) is 0 Å². The first-order valence-electron chi connectivity index (χ1n) is 5.45. The van der Waals surface area contributed by atoms with Gasteiger partial charge in [0, 0.05) is 25.4 Å². The highest BCUT2D eigenvalue weighted by Crippen LogP contribution is 2.17. The molecule has 0 spiro atoms. The molecule has 0 aliphatic carbocycles. The Kier molecular flexibility index (Phi) is 4.78. The number of aromatic nitrogens is 2. The fraction of sp³-hybridized carbons (Fsp3) is 0.727. The SMILES string of the molecule is CCCn1cc(C(NC)C(C)OC)cn1. The molecule has 15 heavy (non-hydrogen) atoms. The van der Waals surface area contributed by atoms with Crippen molar-refractivity contribution in [2.75, 3.05) is 14.2 Å². The summed E-state index contributed by atoms with van der Waals surface area (Å²) in [7, 11) is 3.67.